The number of nitrogens with two attached hydrogens (primary N) is 1. The van der Waals surface area contributed by atoms with Crippen molar-refractivity contribution >= 4 is 10.0 Å². The van der Waals surface area contributed by atoms with E-state index in [1.807, 2.05) is 0 Å². The molecule has 0 aliphatic heterocycles. The van der Waals surface area contributed by atoms with E-state index in [0.29, 0.717) is 22.5 Å². The number of sulfonamides is 1. The summed E-state index contributed by atoms with van der Waals surface area (Å²) >= 11 is 0. The van der Waals surface area contributed by atoms with Crippen molar-refractivity contribution in [2.45, 2.75) is 17.2 Å². The van der Waals surface area contributed by atoms with Gasteiger partial charge >= 0.3 is 12.4 Å². The van der Waals surface area contributed by atoms with Crippen LogP contribution in [-0.4, -0.2) is 18.2 Å². The number of nitrogens with zero attached hydrogens (tertiary/aromatic N) is 2. The molecule has 0 saturated heterocycles. The van der Waals surface area contributed by atoms with Gasteiger partial charge in [-0.1, -0.05) is 24.3 Å². The van der Waals surface area contributed by atoms with E-state index in [9.17, 15) is 34.8 Å². The Labute approximate surface area is 195 Å². The summed E-state index contributed by atoms with van der Waals surface area (Å²) in [7, 11) is -3.96. The first kappa shape index (κ1) is 24.5. The molecular formula is C23H15F6N3O2S. The fourth-order valence-electron chi connectivity index (χ4n) is 3.36. The maximum absolute atomic E-state index is 13.0. The largest absolute Gasteiger partial charge is 0.416 e. The molecule has 35 heavy (non-hydrogen) atoms. The van der Waals surface area contributed by atoms with E-state index in [0.717, 1.165) is 24.3 Å². The van der Waals surface area contributed by atoms with Gasteiger partial charge in [0.05, 0.1) is 33.1 Å². The summed E-state index contributed by atoms with van der Waals surface area (Å²) in [6, 6.07) is 15.3. The Bertz CT molecular complexity index is 1460. The molecule has 1 aromatic heterocycles. The van der Waals surface area contributed by atoms with Gasteiger partial charge in [0.15, 0.2) is 0 Å². The molecule has 0 aliphatic rings. The molecule has 0 fully saturated rings. The molecule has 5 nitrogen and oxygen atoms in total. The van der Waals surface area contributed by atoms with Crippen LogP contribution in [0.25, 0.3) is 28.2 Å². The van der Waals surface area contributed by atoms with Gasteiger partial charge in [-0.05, 0) is 54.6 Å². The number of halogens is 6. The molecule has 12 heteroatoms. The second-order valence-electron chi connectivity index (χ2n) is 7.52. The molecule has 0 aliphatic carbocycles. The average Bonchev–Trinajstić information content (AvgIpc) is 3.23. The molecule has 0 bridgehead atoms. The number of hydrogen-bond acceptors (Lipinski definition) is 3. The first-order valence-electron chi connectivity index (χ1n) is 9.82. The Morgan fingerprint density at radius 3 is 1.57 bits per heavy atom. The first-order valence-corrected chi connectivity index (χ1v) is 11.4. The van der Waals surface area contributed by atoms with Gasteiger partial charge < -0.3 is 0 Å². The third-order valence-corrected chi connectivity index (χ3v) is 6.06. The molecule has 4 rings (SSSR count). The highest BCUT2D eigenvalue weighted by molar-refractivity contribution is 7.89. The van der Waals surface area contributed by atoms with E-state index >= 15 is 0 Å². The highest BCUT2D eigenvalue weighted by Gasteiger charge is 2.31. The lowest BCUT2D eigenvalue weighted by Crippen LogP contribution is -2.12. The normalized spacial score (nSPS) is 12.7. The lowest BCUT2D eigenvalue weighted by atomic mass is 10.1. The van der Waals surface area contributed by atoms with E-state index < -0.39 is 33.5 Å². The lowest BCUT2D eigenvalue weighted by molar-refractivity contribution is -0.138. The van der Waals surface area contributed by atoms with Crippen molar-refractivity contribution in [1.82, 2.24) is 9.78 Å². The molecule has 3 aromatic carbocycles. The van der Waals surface area contributed by atoms with E-state index in [1.165, 1.54) is 59.3 Å². The highest BCUT2D eigenvalue weighted by Crippen LogP contribution is 2.34. The molecular weight excluding hydrogens is 496 g/mol. The topological polar surface area (TPSA) is 78.0 Å². The van der Waals surface area contributed by atoms with Crippen LogP contribution in [0.2, 0.25) is 0 Å². The zero-order valence-electron chi connectivity index (χ0n) is 17.5. The molecule has 0 spiro atoms. The van der Waals surface area contributed by atoms with Crippen molar-refractivity contribution in [3.05, 3.63) is 90.0 Å². The second-order valence-corrected chi connectivity index (χ2v) is 9.08. The van der Waals surface area contributed by atoms with Crippen LogP contribution in [0.5, 0.6) is 0 Å². The minimum absolute atomic E-state index is 0.160. The molecule has 0 amide bonds. The Balaban J connectivity index is 1.83. The number of rotatable bonds is 4. The molecule has 182 valence electrons. The van der Waals surface area contributed by atoms with E-state index in [2.05, 4.69) is 5.10 Å². The van der Waals surface area contributed by atoms with Gasteiger partial charge in [0.1, 0.15) is 0 Å². The monoisotopic (exact) mass is 511 g/mol. The third-order valence-electron chi connectivity index (χ3n) is 5.14. The maximum atomic E-state index is 13.0. The van der Waals surface area contributed by atoms with Gasteiger partial charge in [-0.2, -0.15) is 31.4 Å². The van der Waals surface area contributed by atoms with Gasteiger partial charge in [-0.15, -0.1) is 0 Å². The van der Waals surface area contributed by atoms with Crippen molar-refractivity contribution in [3.8, 4) is 28.2 Å². The van der Waals surface area contributed by atoms with Crippen LogP contribution in [0.3, 0.4) is 0 Å². The molecule has 4 aromatic rings. The van der Waals surface area contributed by atoms with E-state index in [1.54, 1.807) is 0 Å². The minimum Gasteiger partial charge on any atom is -0.232 e. The maximum Gasteiger partial charge on any atom is 0.416 e. The van der Waals surface area contributed by atoms with Crippen molar-refractivity contribution in [3.63, 3.8) is 0 Å². The van der Waals surface area contributed by atoms with E-state index in [4.69, 9.17) is 5.14 Å². The Kier molecular flexibility index (Phi) is 5.97. The minimum atomic E-state index is -4.53. The lowest BCUT2D eigenvalue weighted by Gasteiger charge is -2.10. The van der Waals surface area contributed by atoms with Gasteiger partial charge in [-0.25, -0.2) is 18.2 Å². The zero-order chi connectivity index (χ0) is 25.6. The second kappa shape index (κ2) is 8.54. The molecule has 0 unspecified atom stereocenters. The predicted octanol–water partition coefficient (Wildman–Crippen LogP) is 5.89. The summed E-state index contributed by atoms with van der Waals surface area (Å²) in [5, 5.41) is 9.53. The van der Waals surface area contributed by atoms with Crippen molar-refractivity contribution in [2.24, 2.45) is 5.14 Å². The highest BCUT2D eigenvalue weighted by atomic mass is 32.2. The summed E-state index contributed by atoms with van der Waals surface area (Å²) in [6.07, 6.45) is -9.05. The van der Waals surface area contributed by atoms with Crippen LogP contribution in [0.4, 0.5) is 26.3 Å². The van der Waals surface area contributed by atoms with Crippen LogP contribution in [0.15, 0.2) is 83.8 Å². The standard InChI is InChI=1S/C23H15F6N3O2S/c24-22(25,26)16-5-1-14(2-6-16)20-13-21(15-3-7-17(8-4-15)23(27,28)29)32(31-20)18-9-11-19(12-10-18)35(30,33)34/h1-13H,(H2,30,33,34). The molecule has 0 radical (unpaired) electrons. The molecule has 0 saturated carbocycles. The Morgan fingerprint density at radius 2 is 1.14 bits per heavy atom. The smallest absolute Gasteiger partial charge is 0.232 e. The number of alkyl halides is 6. The third kappa shape index (κ3) is 5.23. The molecule has 0 atom stereocenters. The van der Waals surface area contributed by atoms with Gasteiger partial charge in [0.25, 0.3) is 0 Å². The number of aromatic nitrogens is 2. The summed E-state index contributed by atoms with van der Waals surface area (Å²) < 4.78 is 102. The summed E-state index contributed by atoms with van der Waals surface area (Å²) in [5.74, 6) is 0. The number of benzene rings is 3. The predicted molar refractivity (Wildman–Crippen MR) is 116 cm³/mol. The fraction of sp³-hybridized carbons (Fsp3) is 0.0870. The van der Waals surface area contributed by atoms with Gasteiger partial charge in [0, 0.05) is 11.1 Å². The van der Waals surface area contributed by atoms with Gasteiger partial charge in [-0.3, -0.25) is 0 Å². The van der Waals surface area contributed by atoms with Crippen molar-refractivity contribution < 1.29 is 34.8 Å². The SMILES string of the molecule is NS(=O)(=O)c1ccc(-n2nc(-c3ccc(C(F)(F)F)cc3)cc2-c2ccc(C(F)(F)F)cc2)cc1. The van der Waals surface area contributed by atoms with Crippen molar-refractivity contribution in [2.75, 3.05) is 0 Å². The Morgan fingerprint density at radius 1 is 0.686 bits per heavy atom. The quantitative estimate of drug-likeness (QED) is 0.347. The zero-order valence-corrected chi connectivity index (χ0v) is 18.3. The summed E-state index contributed by atoms with van der Waals surface area (Å²) in [4.78, 5) is -0.160. The van der Waals surface area contributed by atoms with Gasteiger partial charge in [0.2, 0.25) is 10.0 Å². The number of hydrogen-bond donors (Lipinski definition) is 1. The summed E-state index contributed by atoms with van der Waals surface area (Å²) in [6.45, 7) is 0. The van der Waals surface area contributed by atoms with Crippen LogP contribution >= 0.6 is 0 Å². The Hall–Kier alpha value is -3.64. The molecule has 1 heterocycles. The van der Waals surface area contributed by atoms with Crippen LogP contribution in [0.1, 0.15) is 11.1 Å². The van der Waals surface area contributed by atoms with Crippen LogP contribution < -0.4 is 5.14 Å². The average molecular weight is 511 g/mol. The van der Waals surface area contributed by atoms with Crippen molar-refractivity contribution in [1.29, 1.82) is 0 Å². The van der Waals surface area contributed by atoms with E-state index in [-0.39, 0.29) is 10.6 Å². The van der Waals surface area contributed by atoms with Crippen LogP contribution in [0, 0.1) is 0 Å². The molecule has 2 N–H and O–H groups in total. The van der Waals surface area contributed by atoms with Crippen LogP contribution in [-0.2, 0) is 22.4 Å². The first-order chi connectivity index (χ1) is 16.2. The fourth-order valence-corrected chi connectivity index (χ4v) is 3.88. The summed E-state index contributed by atoms with van der Waals surface area (Å²) in [5.41, 5.74) is -0.0770. The number of primary sulfonamides is 1.